The molecule has 0 spiro atoms. The van der Waals surface area contributed by atoms with E-state index in [1.807, 2.05) is 23.6 Å². The molecule has 0 radical (unpaired) electrons. The standard InChI is InChI=1S/C21H21BrN2OS/c22-17-6-7-20-18(14-17)21(25)19(15-26-20)24-12-10-23(11-13-24)9-8-16-4-2-1-3-5-16/h1-7,14-15H,8-13H2. The summed E-state index contributed by atoms with van der Waals surface area (Å²) in [6, 6.07) is 16.6. The molecule has 1 aromatic heterocycles. The van der Waals surface area contributed by atoms with Gasteiger partial charge in [0, 0.05) is 52.7 Å². The number of hydrogen-bond acceptors (Lipinski definition) is 4. The van der Waals surface area contributed by atoms with E-state index in [9.17, 15) is 4.79 Å². The van der Waals surface area contributed by atoms with E-state index in [4.69, 9.17) is 0 Å². The number of nitrogens with zero attached hydrogens (tertiary/aromatic N) is 2. The van der Waals surface area contributed by atoms with Gasteiger partial charge < -0.3 is 4.90 Å². The van der Waals surface area contributed by atoms with Crippen LogP contribution >= 0.6 is 27.3 Å². The lowest BCUT2D eigenvalue weighted by Gasteiger charge is -2.35. The van der Waals surface area contributed by atoms with Gasteiger partial charge in [0.1, 0.15) is 0 Å². The van der Waals surface area contributed by atoms with Crippen molar-refractivity contribution in [1.82, 2.24) is 4.90 Å². The van der Waals surface area contributed by atoms with Gasteiger partial charge in [0.15, 0.2) is 0 Å². The monoisotopic (exact) mass is 428 g/mol. The molecule has 3 aromatic rings. The van der Waals surface area contributed by atoms with Crippen molar-refractivity contribution in [1.29, 1.82) is 0 Å². The van der Waals surface area contributed by atoms with E-state index >= 15 is 0 Å². The number of anilines is 1. The molecule has 0 saturated carbocycles. The Labute approximate surface area is 166 Å². The highest BCUT2D eigenvalue weighted by atomic mass is 79.9. The Morgan fingerprint density at radius 1 is 1.00 bits per heavy atom. The van der Waals surface area contributed by atoms with Gasteiger partial charge in [-0.3, -0.25) is 9.69 Å². The molecule has 1 aliphatic rings. The van der Waals surface area contributed by atoms with Crippen molar-refractivity contribution in [3.8, 4) is 0 Å². The van der Waals surface area contributed by atoms with E-state index in [0.717, 1.165) is 59.4 Å². The molecule has 3 nitrogen and oxygen atoms in total. The van der Waals surface area contributed by atoms with E-state index < -0.39 is 0 Å². The topological polar surface area (TPSA) is 23.6 Å². The van der Waals surface area contributed by atoms with Crippen LogP contribution in [-0.4, -0.2) is 37.6 Å². The first-order valence-corrected chi connectivity index (χ1v) is 10.6. The molecular weight excluding hydrogens is 408 g/mol. The van der Waals surface area contributed by atoms with E-state index in [1.54, 1.807) is 11.3 Å². The molecule has 0 aliphatic carbocycles. The summed E-state index contributed by atoms with van der Waals surface area (Å²) in [6.07, 6.45) is 1.08. The maximum atomic E-state index is 12.9. The zero-order valence-corrected chi connectivity index (χ0v) is 16.9. The van der Waals surface area contributed by atoms with Crippen LogP contribution in [0.25, 0.3) is 10.1 Å². The first kappa shape index (κ1) is 17.7. The molecule has 0 atom stereocenters. The van der Waals surface area contributed by atoms with Gasteiger partial charge in [0.05, 0.1) is 5.69 Å². The van der Waals surface area contributed by atoms with Crippen LogP contribution in [0.3, 0.4) is 0 Å². The van der Waals surface area contributed by atoms with Crippen molar-refractivity contribution < 1.29 is 0 Å². The zero-order chi connectivity index (χ0) is 17.9. The summed E-state index contributed by atoms with van der Waals surface area (Å²) in [7, 11) is 0. The Morgan fingerprint density at radius 3 is 2.54 bits per heavy atom. The highest BCUT2D eigenvalue weighted by molar-refractivity contribution is 9.10. The molecule has 2 aromatic carbocycles. The van der Waals surface area contributed by atoms with Crippen LogP contribution in [0.15, 0.2) is 63.2 Å². The van der Waals surface area contributed by atoms with Crippen LogP contribution in [0.5, 0.6) is 0 Å². The number of rotatable bonds is 4. The van der Waals surface area contributed by atoms with Gasteiger partial charge in [0.2, 0.25) is 5.43 Å². The van der Waals surface area contributed by atoms with Crippen LogP contribution in [0, 0.1) is 0 Å². The zero-order valence-electron chi connectivity index (χ0n) is 14.5. The second-order valence-corrected chi connectivity index (χ2v) is 8.48. The molecule has 0 amide bonds. The Bertz CT molecular complexity index is 949. The number of hydrogen-bond donors (Lipinski definition) is 0. The Balaban J connectivity index is 1.42. The van der Waals surface area contributed by atoms with Crippen LogP contribution in [-0.2, 0) is 6.42 Å². The fourth-order valence-electron chi connectivity index (χ4n) is 3.46. The number of benzene rings is 2. The smallest absolute Gasteiger partial charge is 0.211 e. The third kappa shape index (κ3) is 3.85. The Kier molecular flexibility index (Phi) is 5.38. The maximum absolute atomic E-state index is 12.9. The van der Waals surface area contributed by atoms with Crippen molar-refractivity contribution in [2.24, 2.45) is 0 Å². The lowest BCUT2D eigenvalue weighted by Crippen LogP contribution is -2.48. The minimum atomic E-state index is 0.151. The first-order valence-electron chi connectivity index (χ1n) is 8.93. The molecule has 0 N–H and O–H groups in total. The van der Waals surface area contributed by atoms with E-state index in [2.05, 4.69) is 56.1 Å². The summed E-state index contributed by atoms with van der Waals surface area (Å²) in [6.45, 7) is 4.92. The third-order valence-corrected chi connectivity index (χ3v) is 6.43. The normalized spacial score (nSPS) is 15.5. The third-order valence-electron chi connectivity index (χ3n) is 4.99. The second-order valence-electron chi connectivity index (χ2n) is 6.65. The summed E-state index contributed by atoms with van der Waals surface area (Å²) in [4.78, 5) is 17.6. The molecule has 134 valence electrons. The fraction of sp³-hybridized carbons (Fsp3) is 0.286. The average molecular weight is 429 g/mol. The number of fused-ring (bicyclic) bond motifs is 1. The van der Waals surface area contributed by atoms with Crippen molar-refractivity contribution in [2.75, 3.05) is 37.6 Å². The van der Waals surface area contributed by atoms with Crippen molar-refractivity contribution in [2.45, 2.75) is 6.42 Å². The van der Waals surface area contributed by atoms with E-state index in [-0.39, 0.29) is 5.43 Å². The van der Waals surface area contributed by atoms with Crippen molar-refractivity contribution >= 4 is 43.0 Å². The minimum Gasteiger partial charge on any atom is -0.365 e. The molecule has 4 rings (SSSR count). The van der Waals surface area contributed by atoms with E-state index in [0.29, 0.717) is 0 Å². The molecule has 26 heavy (non-hydrogen) atoms. The minimum absolute atomic E-state index is 0.151. The van der Waals surface area contributed by atoms with Crippen LogP contribution in [0.2, 0.25) is 0 Å². The Hall–Kier alpha value is -1.69. The SMILES string of the molecule is O=c1c(N2CCN(CCc3ccccc3)CC2)csc2ccc(Br)cc12. The maximum Gasteiger partial charge on any atom is 0.211 e. The average Bonchev–Trinajstić information content (AvgIpc) is 2.68. The summed E-state index contributed by atoms with van der Waals surface area (Å²) in [5.41, 5.74) is 2.39. The quantitative estimate of drug-likeness (QED) is 0.615. The fourth-order valence-corrected chi connectivity index (χ4v) is 4.74. The molecule has 0 bridgehead atoms. The number of piperazine rings is 1. The Morgan fingerprint density at radius 2 is 1.77 bits per heavy atom. The van der Waals surface area contributed by atoms with Crippen molar-refractivity contribution in [3.05, 3.63) is 74.2 Å². The molecule has 1 fully saturated rings. The lowest BCUT2D eigenvalue weighted by atomic mass is 10.1. The molecule has 5 heteroatoms. The number of halogens is 1. The molecule has 0 unspecified atom stereocenters. The summed E-state index contributed by atoms with van der Waals surface area (Å²) < 4.78 is 2.00. The van der Waals surface area contributed by atoms with Crippen molar-refractivity contribution in [3.63, 3.8) is 0 Å². The molecule has 1 aliphatic heterocycles. The molecular formula is C21H21BrN2OS. The van der Waals surface area contributed by atoms with Gasteiger partial charge in [-0.25, -0.2) is 0 Å². The highest BCUT2D eigenvalue weighted by Gasteiger charge is 2.19. The van der Waals surface area contributed by atoms with Gasteiger partial charge in [-0.1, -0.05) is 46.3 Å². The first-order chi connectivity index (χ1) is 12.7. The largest absolute Gasteiger partial charge is 0.365 e. The second kappa shape index (κ2) is 7.91. The summed E-state index contributed by atoms with van der Waals surface area (Å²) in [5, 5.41) is 2.84. The van der Waals surface area contributed by atoms with Gasteiger partial charge >= 0.3 is 0 Å². The van der Waals surface area contributed by atoms with Crippen LogP contribution in [0.1, 0.15) is 5.56 Å². The van der Waals surface area contributed by atoms with Gasteiger partial charge in [-0.15, -0.1) is 11.3 Å². The van der Waals surface area contributed by atoms with Crippen LogP contribution in [0.4, 0.5) is 5.69 Å². The van der Waals surface area contributed by atoms with E-state index in [1.165, 1.54) is 5.56 Å². The summed E-state index contributed by atoms with van der Waals surface area (Å²) in [5.74, 6) is 0. The van der Waals surface area contributed by atoms with Gasteiger partial charge in [0.25, 0.3) is 0 Å². The van der Waals surface area contributed by atoms with Crippen LogP contribution < -0.4 is 10.3 Å². The molecule has 1 saturated heterocycles. The highest BCUT2D eigenvalue weighted by Crippen LogP contribution is 2.25. The predicted molar refractivity (Wildman–Crippen MR) is 115 cm³/mol. The predicted octanol–water partition coefficient (Wildman–Crippen LogP) is 4.39. The van der Waals surface area contributed by atoms with Gasteiger partial charge in [-0.2, -0.15) is 0 Å². The molecule has 2 heterocycles. The van der Waals surface area contributed by atoms with Gasteiger partial charge in [-0.05, 0) is 30.2 Å². The summed E-state index contributed by atoms with van der Waals surface area (Å²) >= 11 is 5.13. The lowest BCUT2D eigenvalue weighted by molar-refractivity contribution is 0.261.